The van der Waals surface area contributed by atoms with Crippen molar-refractivity contribution in [2.75, 3.05) is 0 Å². The highest BCUT2D eigenvalue weighted by atomic mass is 16.2. The molecule has 0 radical (unpaired) electrons. The van der Waals surface area contributed by atoms with Crippen LogP contribution in [0.3, 0.4) is 0 Å². The van der Waals surface area contributed by atoms with E-state index in [0.29, 0.717) is 0 Å². The van der Waals surface area contributed by atoms with E-state index in [4.69, 9.17) is 0 Å². The van der Waals surface area contributed by atoms with Crippen molar-refractivity contribution in [1.82, 2.24) is 20.2 Å². The van der Waals surface area contributed by atoms with Crippen LogP contribution in [0.2, 0.25) is 0 Å². The van der Waals surface area contributed by atoms with Crippen LogP contribution >= 0.6 is 0 Å². The maximum atomic E-state index is 11.6. The van der Waals surface area contributed by atoms with Crippen LogP contribution in [0.4, 0.5) is 0 Å². The zero-order valence-electron chi connectivity index (χ0n) is 9.95. The number of pyridine rings is 1. The zero-order valence-corrected chi connectivity index (χ0v) is 9.95. The molecule has 0 bridgehead atoms. The van der Waals surface area contributed by atoms with Crippen molar-refractivity contribution in [2.24, 2.45) is 5.10 Å². The number of aryl methyl sites for hydroxylation is 1. The summed E-state index contributed by atoms with van der Waals surface area (Å²) in [5.41, 5.74) is 4.26. The number of hydrazone groups is 1. The minimum atomic E-state index is -0.216. The Hall–Kier alpha value is -2.50. The van der Waals surface area contributed by atoms with Crippen molar-refractivity contribution < 1.29 is 4.79 Å². The van der Waals surface area contributed by atoms with Crippen LogP contribution in [0.25, 0.3) is 0 Å². The molecule has 0 fully saturated rings. The Balaban J connectivity index is 1.86. The molecule has 0 aliphatic heterocycles. The summed E-state index contributed by atoms with van der Waals surface area (Å²) in [6, 6.07) is 5.44. The number of rotatable bonds is 4. The Bertz CT molecular complexity index is 547. The first kappa shape index (κ1) is 12.0. The average Bonchev–Trinajstić information content (AvgIpc) is 2.76. The van der Waals surface area contributed by atoms with E-state index in [1.165, 1.54) is 0 Å². The van der Waals surface area contributed by atoms with E-state index in [-0.39, 0.29) is 12.5 Å². The highest BCUT2D eigenvalue weighted by molar-refractivity contribution is 5.82. The highest BCUT2D eigenvalue weighted by Crippen LogP contribution is 1.95. The molecule has 2 aromatic heterocycles. The number of aromatic nitrogens is 3. The van der Waals surface area contributed by atoms with Crippen LogP contribution in [0.5, 0.6) is 0 Å². The Morgan fingerprint density at radius 2 is 2.17 bits per heavy atom. The molecule has 0 saturated carbocycles. The molecule has 2 aromatic rings. The van der Waals surface area contributed by atoms with Crippen LogP contribution in [0, 0.1) is 6.92 Å². The van der Waals surface area contributed by atoms with Gasteiger partial charge in [-0.1, -0.05) is 0 Å². The van der Waals surface area contributed by atoms with Crippen molar-refractivity contribution in [3.8, 4) is 0 Å². The number of carbonyl (C=O) groups excluding carboxylic acids is 1. The summed E-state index contributed by atoms with van der Waals surface area (Å²) in [6.07, 6.45) is 6.55. The van der Waals surface area contributed by atoms with Crippen molar-refractivity contribution in [3.05, 3.63) is 48.0 Å². The highest BCUT2D eigenvalue weighted by Gasteiger charge is 2.03. The molecule has 0 saturated heterocycles. The smallest absolute Gasteiger partial charge is 0.261 e. The molecule has 0 aliphatic carbocycles. The van der Waals surface area contributed by atoms with Gasteiger partial charge >= 0.3 is 0 Å². The molecule has 0 atom stereocenters. The van der Waals surface area contributed by atoms with Crippen LogP contribution < -0.4 is 5.43 Å². The molecule has 0 unspecified atom stereocenters. The third kappa shape index (κ3) is 3.24. The fourth-order valence-corrected chi connectivity index (χ4v) is 1.36. The van der Waals surface area contributed by atoms with Gasteiger partial charge in [-0.3, -0.25) is 14.5 Å². The fourth-order valence-electron chi connectivity index (χ4n) is 1.36. The first-order chi connectivity index (χ1) is 8.75. The summed E-state index contributed by atoms with van der Waals surface area (Å²) < 4.78 is 1.61. The minimum absolute atomic E-state index is 0.159. The Kier molecular flexibility index (Phi) is 3.80. The van der Waals surface area contributed by atoms with Gasteiger partial charge in [-0.05, 0) is 30.7 Å². The van der Waals surface area contributed by atoms with Crippen LogP contribution in [0.1, 0.15) is 11.3 Å². The van der Waals surface area contributed by atoms with Gasteiger partial charge in [-0.15, -0.1) is 0 Å². The minimum Gasteiger partial charge on any atom is -0.271 e. The van der Waals surface area contributed by atoms with Crippen LogP contribution in [-0.2, 0) is 11.3 Å². The topological polar surface area (TPSA) is 72.2 Å². The van der Waals surface area contributed by atoms with Gasteiger partial charge in [-0.2, -0.15) is 10.2 Å². The second-order valence-electron chi connectivity index (χ2n) is 3.70. The monoisotopic (exact) mass is 243 g/mol. The van der Waals surface area contributed by atoms with Gasteiger partial charge in [0.2, 0.25) is 0 Å². The Morgan fingerprint density at radius 3 is 2.83 bits per heavy atom. The molecule has 0 aromatic carbocycles. The molecule has 0 spiro atoms. The maximum Gasteiger partial charge on any atom is 0.261 e. The normalized spacial score (nSPS) is 10.7. The molecule has 6 nitrogen and oxygen atoms in total. The van der Waals surface area contributed by atoms with Gasteiger partial charge in [0, 0.05) is 24.3 Å². The molecule has 0 aliphatic rings. The van der Waals surface area contributed by atoms with Crippen LogP contribution in [-0.4, -0.2) is 26.9 Å². The van der Waals surface area contributed by atoms with Crippen molar-refractivity contribution in [1.29, 1.82) is 0 Å². The lowest BCUT2D eigenvalue weighted by Crippen LogP contribution is -2.24. The summed E-state index contributed by atoms with van der Waals surface area (Å²) in [5, 5.41) is 7.88. The number of nitrogens with one attached hydrogen (secondary N) is 1. The predicted molar refractivity (Wildman–Crippen MR) is 66.9 cm³/mol. The Morgan fingerprint density at radius 1 is 1.39 bits per heavy atom. The predicted octanol–water partition coefficient (Wildman–Crippen LogP) is 0.737. The zero-order chi connectivity index (χ0) is 12.8. The van der Waals surface area contributed by atoms with E-state index in [2.05, 4.69) is 20.6 Å². The van der Waals surface area contributed by atoms with Gasteiger partial charge in [0.15, 0.2) is 0 Å². The molecular weight excluding hydrogens is 230 g/mol. The molecule has 1 N–H and O–H groups in total. The number of hydrogen-bond acceptors (Lipinski definition) is 4. The molecule has 2 rings (SSSR count). The summed E-state index contributed by atoms with van der Waals surface area (Å²) in [6.45, 7) is 2.05. The van der Waals surface area contributed by atoms with E-state index in [1.54, 1.807) is 41.6 Å². The Labute approximate surface area is 104 Å². The standard InChI is InChI=1S/C12H13N5O/c1-10-2-7-15-17(10)9-12(18)16-14-8-11-3-5-13-6-4-11/h2-8H,9H2,1H3,(H,16,18). The number of hydrogen-bond donors (Lipinski definition) is 1. The number of carbonyl (C=O) groups is 1. The summed E-state index contributed by atoms with van der Waals surface area (Å²) in [5.74, 6) is -0.216. The first-order valence-corrected chi connectivity index (χ1v) is 5.46. The number of nitrogens with zero attached hydrogens (tertiary/aromatic N) is 4. The van der Waals surface area contributed by atoms with E-state index < -0.39 is 0 Å². The second-order valence-corrected chi connectivity index (χ2v) is 3.70. The quantitative estimate of drug-likeness (QED) is 0.635. The SMILES string of the molecule is Cc1ccnn1CC(=O)NN=Cc1ccncc1. The molecule has 6 heteroatoms. The van der Waals surface area contributed by atoms with Crippen molar-refractivity contribution in [2.45, 2.75) is 13.5 Å². The lowest BCUT2D eigenvalue weighted by molar-refractivity contribution is -0.121. The maximum absolute atomic E-state index is 11.6. The number of amides is 1. The van der Waals surface area contributed by atoms with E-state index in [9.17, 15) is 4.79 Å². The van der Waals surface area contributed by atoms with Crippen molar-refractivity contribution in [3.63, 3.8) is 0 Å². The van der Waals surface area contributed by atoms with E-state index in [1.807, 2.05) is 13.0 Å². The van der Waals surface area contributed by atoms with Gasteiger partial charge < -0.3 is 0 Å². The van der Waals surface area contributed by atoms with Crippen LogP contribution in [0.15, 0.2) is 41.9 Å². The van der Waals surface area contributed by atoms with E-state index in [0.717, 1.165) is 11.3 Å². The average molecular weight is 243 g/mol. The molecular formula is C12H13N5O. The van der Waals surface area contributed by atoms with Gasteiger partial charge in [0.1, 0.15) is 6.54 Å². The lowest BCUT2D eigenvalue weighted by atomic mass is 10.3. The molecule has 18 heavy (non-hydrogen) atoms. The third-order valence-corrected chi connectivity index (χ3v) is 2.33. The van der Waals surface area contributed by atoms with Gasteiger partial charge in [0.25, 0.3) is 5.91 Å². The van der Waals surface area contributed by atoms with Crippen molar-refractivity contribution >= 4 is 12.1 Å². The molecule has 2 heterocycles. The molecule has 1 amide bonds. The summed E-state index contributed by atoms with van der Waals surface area (Å²) >= 11 is 0. The third-order valence-electron chi connectivity index (χ3n) is 2.33. The summed E-state index contributed by atoms with van der Waals surface area (Å²) in [7, 11) is 0. The largest absolute Gasteiger partial charge is 0.271 e. The van der Waals surface area contributed by atoms with E-state index >= 15 is 0 Å². The second kappa shape index (κ2) is 5.72. The van der Waals surface area contributed by atoms with Gasteiger partial charge in [0.05, 0.1) is 6.21 Å². The first-order valence-electron chi connectivity index (χ1n) is 5.46. The molecule has 92 valence electrons. The van der Waals surface area contributed by atoms with Gasteiger partial charge in [-0.25, -0.2) is 5.43 Å². The lowest BCUT2D eigenvalue weighted by Gasteiger charge is -2.02. The fraction of sp³-hybridized carbons (Fsp3) is 0.167. The summed E-state index contributed by atoms with van der Waals surface area (Å²) in [4.78, 5) is 15.4.